The molecule has 0 bridgehead atoms. The number of pyridine rings is 1. The fourth-order valence-electron chi connectivity index (χ4n) is 3.82. The van der Waals surface area contributed by atoms with E-state index in [9.17, 15) is 9.59 Å². The molecule has 1 N–H and O–H groups in total. The summed E-state index contributed by atoms with van der Waals surface area (Å²) in [7, 11) is 0. The summed E-state index contributed by atoms with van der Waals surface area (Å²) in [4.78, 5) is 29.5. The van der Waals surface area contributed by atoms with E-state index in [1.54, 1.807) is 9.08 Å². The number of rotatable bonds is 6. The molecule has 4 aromatic rings. The molecule has 4 rings (SSSR count). The van der Waals surface area contributed by atoms with Crippen LogP contribution in [0, 0.1) is 20.8 Å². The number of amides is 1. The molecule has 1 atom stereocenters. The monoisotopic (exact) mass is 407 g/mol. The van der Waals surface area contributed by atoms with Crippen LogP contribution in [0.5, 0.6) is 0 Å². The molecule has 9 nitrogen and oxygen atoms in total. The first kappa shape index (κ1) is 19.8. The van der Waals surface area contributed by atoms with Gasteiger partial charge in [0, 0.05) is 13.0 Å². The Kier molecular flexibility index (Phi) is 5.11. The standard InChI is InChI=1S/C21H25N7O2/c1-13-11-17-7-5-6-8-18(17)27-20(13)25-26(21(27)30)10-9-22-19(29)12-14(2)28-16(4)23-15(3)24-28/h5-8,11,14H,9-10,12H2,1-4H3,(H,22,29). The second-order valence-electron chi connectivity index (χ2n) is 7.60. The third-order valence-electron chi connectivity index (χ3n) is 5.19. The molecule has 0 radical (unpaired) electrons. The number of para-hydroxylation sites is 1. The SMILES string of the molecule is Cc1nc(C)n(C(C)CC(=O)NCCn2nc3c(C)cc4ccccc4n3c2=O)n1. The molecule has 156 valence electrons. The Balaban J connectivity index is 1.45. The van der Waals surface area contributed by atoms with E-state index in [1.807, 2.05) is 58.0 Å². The minimum Gasteiger partial charge on any atom is -0.354 e. The first-order valence-electron chi connectivity index (χ1n) is 9.99. The second kappa shape index (κ2) is 7.74. The van der Waals surface area contributed by atoms with Gasteiger partial charge >= 0.3 is 5.69 Å². The van der Waals surface area contributed by atoms with Crippen molar-refractivity contribution in [3.63, 3.8) is 0 Å². The Bertz CT molecular complexity index is 1300. The predicted molar refractivity (Wildman–Crippen MR) is 114 cm³/mol. The van der Waals surface area contributed by atoms with Crippen molar-refractivity contribution < 1.29 is 4.79 Å². The first-order valence-corrected chi connectivity index (χ1v) is 9.99. The molecule has 1 amide bonds. The van der Waals surface area contributed by atoms with E-state index < -0.39 is 0 Å². The molecule has 0 aliphatic rings. The van der Waals surface area contributed by atoms with Crippen molar-refractivity contribution in [2.45, 2.75) is 46.7 Å². The van der Waals surface area contributed by atoms with E-state index in [0.717, 1.165) is 22.3 Å². The molecular formula is C21H25N7O2. The number of carbonyl (C=O) groups excluding carboxylic acids is 1. The summed E-state index contributed by atoms with van der Waals surface area (Å²) in [6.45, 7) is 8.19. The Labute approximate surface area is 173 Å². The summed E-state index contributed by atoms with van der Waals surface area (Å²) in [5, 5.41) is 12.7. The Morgan fingerprint density at radius 1 is 1.17 bits per heavy atom. The molecule has 9 heteroatoms. The summed E-state index contributed by atoms with van der Waals surface area (Å²) < 4.78 is 4.79. The summed E-state index contributed by atoms with van der Waals surface area (Å²) in [5.74, 6) is 1.37. The zero-order chi connectivity index (χ0) is 21.4. The van der Waals surface area contributed by atoms with E-state index >= 15 is 0 Å². The smallest absolute Gasteiger partial charge is 0.350 e. The van der Waals surface area contributed by atoms with E-state index in [4.69, 9.17) is 0 Å². The largest absolute Gasteiger partial charge is 0.354 e. The highest BCUT2D eigenvalue weighted by atomic mass is 16.2. The highest BCUT2D eigenvalue weighted by Crippen LogP contribution is 2.18. The van der Waals surface area contributed by atoms with Crippen LogP contribution in [-0.4, -0.2) is 41.4 Å². The highest BCUT2D eigenvalue weighted by Gasteiger charge is 2.16. The van der Waals surface area contributed by atoms with E-state index in [-0.39, 0.29) is 24.1 Å². The van der Waals surface area contributed by atoms with Gasteiger partial charge < -0.3 is 5.32 Å². The van der Waals surface area contributed by atoms with Crippen LogP contribution in [0.3, 0.4) is 0 Å². The van der Waals surface area contributed by atoms with Crippen LogP contribution in [0.25, 0.3) is 16.6 Å². The zero-order valence-corrected chi connectivity index (χ0v) is 17.6. The lowest BCUT2D eigenvalue weighted by Crippen LogP contribution is -2.32. The van der Waals surface area contributed by atoms with Crippen LogP contribution < -0.4 is 11.0 Å². The van der Waals surface area contributed by atoms with Gasteiger partial charge in [0.2, 0.25) is 5.91 Å². The molecular weight excluding hydrogens is 382 g/mol. The molecule has 0 saturated carbocycles. The minimum absolute atomic E-state index is 0.0990. The normalized spacial score (nSPS) is 12.5. The lowest BCUT2D eigenvalue weighted by Gasteiger charge is -2.13. The lowest BCUT2D eigenvalue weighted by molar-refractivity contribution is -0.121. The summed E-state index contributed by atoms with van der Waals surface area (Å²) in [6, 6.07) is 9.66. The summed E-state index contributed by atoms with van der Waals surface area (Å²) in [6.07, 6.45) is 0.285. The van der Waals surface area contributed by atoms with Crippen molar-refractivity contribution in [1.82, 2.24) is 34.3 Å². The second-order valence-corrected chi connectivity index (χ2v) is 7.60. The third kappa shape index (κ3) is 3.58. The average Bonchev–Trinajstić information content (AvgIpc) is 3.21. The number of carbonyl (C=O) groups is 1. The summed E-state index contributed by atoms with van der Waals surface area (Å²) in [5.41, 5.74) is 2.18. The molecule has 3 aromatic heterocycles. The number of aryl methyl sites for hydroxylation is 3. The van der Waals surface area contributed by atoms with Crippen molar-refractivity contribution in [2.75, 3.05) is 6.54 Å². The van der Waals surface area contributed by atoms with Crippen molar-refractivity contribution in [3.8, 4) is 0 Å². The number of nitrogens with zero attached hydrogens (tertiary/aromatic N) is 6. The third-order valence-corrected chi connectivity index (χ3v) is 5.19. The molecule has 1 unspecified atom stereocenters. The van der Waals surface area contributed by atoms with Crippen LogP contribution in [0.4, 0.5) is 0 Å². The van der Waals surface area contributed by atoms with Crippen molar-refractivity contribution in [3.05, 3.63) is 58.0 Å². The van der Waals surface area contributed by atoms with Gasteiger partial charge in [0.25, 0.3) is 0 Å². The van der Waals surface area contributed by atoms with Gasteiger partial charge in [0.1, 0.15) is 11.6 Å². The Morgan fingerprint density at radius 2 is 1.93 bits per heavy atom. The number of fused-ring (bicyclic) bond motifs is 3. The number of hydrogen-bond acceptors (Lipinski definition) is 5. The maximum absolute atomic E-state index is 12.9. The van der Waals surface area contributed by atoms with Crippen LogP contribution >= 0.6 is 0 Å². The van der Waals surface area contributed by atoms with Crippen LogP contribution in [0.15, 0.2) is 35.1 Å². The number of benzene rings is 1. The zero-order valence-electron chi connectivity index (χ0n) is 17.6. The number of aromatic nitrogens is 6. The van der Waals surface area contributed by atoms with Gasteiger partial charge in [0.05, 0.1) is 18.1 Å². The molecule has 0 saturated heterocycles. The topological polar surface area (TPSA) is 99.1 Å². The average molecular weight is 407 g/mol. The fraction of sp³-hybridized carbons (Fsp3) is 0.381. The molecule has 0 aliphatic heterocycles. The van der Waals surface area contributed by atoms with Crippen molar-refractivity contribution >= 4 is 22.5 Å². The van der Waals surface area contributed by atoms with Crippen LogP contribution in [0.2, 0.25) is 0 Å². The fourth-order valence-corrected chi connectivity index (χ4v) is 3.82. The molecule has 0 spiro atoms. The van der Waals surface area contributed by atoms with Crippen molar-refractivity contribution in [1.29, 1.82) is 0 Å². The lowest BCUT2D eigenvalue weighted by atomic mass is 10.1. The van der Waals surface area contributed by atoms with Crippen LogP contribution in [-0.2, 0) is 11.3 Å². The summed E-state index contributed by atoms with van der Waals surface area (Å²) >= 11 is 0. The van der Waals surface area contributed by atoms with Gasteiger partial charge in [-0.25, -0.2) is 23.5 Å². The Morgan fingerprint density at radius 3 is 2.67 bits per heavy atom. The maximum atomic E-state index is 12.9. The van der Waals surface area contributed by atoms with Crippen molar-refractivity contribution in [2.24, 2.45) is 0 Å². The van der Waals surface area contributed by atoms with Gasteiger partial charge in [-0.2, -0.15) is 5.10 Å². The van der Waals surface area contributed by atoms with E-state index in [1.165, 1.54) is 4.68 Å². The minimum atomic E-state index is -0.207. The van der Waals surface area contributed by atoms with Gasteiger partial charge in [-0.05, 0) is 50.8 Å². The maximum Gasteiger partial charge on any atom is 0.350 e. The Hall–Kier alpha value is -3.49. The van der Waals surface area contributed by atoms with E-state index in [0.29, 0.717) is 24.6 Å². The molecule has 30 heavy (non-hydrogen) atoms. The van der Waals surface area contributed by atoms with E-state index in [2.05, 4.69) is 20.5 Å². The number of nitrogens with one attached hydrogen (secondary N) is 1. The van der Waals surface area contributed by atoms with Gasteiger partial charge in [-0.15, -0.1) is 5.10 Å². The number of hydrogen-bond donors (Lipinski definition) is 1. The molecule has 3 heterocycles. The van der Waals surface area contributed by atoms with Crippen LogP contribution in [0.1, 0.15) is 36.6 Å². The van der Waals surface area contributed by atoms with Gasteiger partial charge in [-0.3, -0.25) is 4.79 Å². The molecule has 0 fully saturated rings. The molecule has 1 aromatic carbocycles. The first-order chi connectivity index (χ1) is 14.3. The molecule has 0 aliphatic carbocycles. The van der Waals surface area contributed by atoms with Gasteiger partial charge in [0.15, 0.2) is 5.65 Å². The predicted octanol–water partition coefficient (Wildman–Crippen LogP) is 1.93. The highest BCUT2D eigenvalue weighted by molar-refractivity contribution is 5.83. The quantitative estimate of drug-likeness (QED) is 0.527. The van der Waals surface area contributed by atoms with Gasteiger partial charge in [-0.1, -0.05) is 18.2 Å².